The first kappa shape index (κ1) is 24.5. The van der Waals surface area contributed by atoms with E-state index in [1.165, 1.54) is 11.1 Å². The molecule has 0 spiro atoms. The largest absolute Gasteiger partial charge is 0.508 e. The molecule has 31 heavy (non-hydrogen) atoms. The number of phenols is 2. The summed E-state index contributed by atoms with van der Waals surface area (Å²) in [4.78, 5) is 0. The van der Waals surface area contributed by atoms with Crippen molar-refractivity contribution in [2.24, 2.45) is 0 Å². The summed E-state index contributed by atoms with van der Waals surface area (Å²) in [7, 11) is 0. The van der Waals surface area contributed by atoms with Crippen molar-refractivity contribution in [3.05, 3.63) is 81.9 Å². The smallest absolute Gasteiger partial charge is 0.122 e. The van der Waals surface area contributed by atoms with Gasteiger partial charge in [0.1, 0.15) is 17.3 Å². The number of aryl methyl sites for hydroxylation is 2. The zero-order valence-corrected chi connectivity index (χ0v) is 19.4. The first-order valence-electron chi connectivity index (χ1n) is 10.9. The monoisotopic (exact) mass is 424 g/mol. The van der Waals surface area contributed by atoms with Crippen molar-refractivity contribution in [3.8, 4) is 11.5 Å². The van der Waals surface area contributed by atoms with Crippen molar-refractivity contribution in [1.29, 1.82) is 0 Å². The summed E-state index contributed by atoms with van der Waals surface area (Å²) in [5.74, 6) is 1.35. The molecule has 0 fully saturated rings. The lowest BCUT2D eigenvalue weighted by atomic mass is 10.0. The molecule has 0 aliphatic rings. The Labute approximate surface area is 186 Å². The van der Waals surface area contributed by atoms with Crippen LogP contribution in [0.15, 0.2) is 63.8 Å². The van der Waals surface area contributed by atoms with E-state index >= 15 is 0 Å². The Hall–Kier alpha value is -2.72. The molecule has 168 valence electrons. The lowest BCUT2D eigenvalue weighted by molar-refractivity contribution is 0.222. The summed E-state index contributed by atoms with van der Waals surface area (Å²) in [6.45, 7) is 9.93. The molecule has 0 unspecified atom stereocenters. The van der Waals surface area contributed by atoms with Gasteiger partial charge in [-0.15, -0.1) is 0 Å². The Morgan fingerprint density at radius 3 is 2.42 bits per heavy atom. The van der Waals surface area contributed by atoms with Gasteiger partial charge < -0.3 is 19.7 Å². The highest BCUT2D eigenvalue weighted by Gasteiger charge is 2.07. The Balaban J connectivity index is 1.82. The first-order chi connectivity index (χ1) is 14.6. The maximum Gasteiger partial charge on any atom is 0.122 e. The SMILES string of the molecule is CC(=C[C@H](O)CC(C)=CCc1cc(O)cc(C)c1O)CCC=C(C)Cc1cc(C)co1. The van der Waals surface area contributed by atoms with E-state index in [2.05, 4.69) is 26.0 Å². The van der Waals surface area contributed by atoms with Crippen LogP contribution in [0.3, 0.4) is 0 Å². The predicted molar refractivity (Wildman–Crippen MR) is 126 cm³/mol. The van der Waals surface area contributed by atoms with Gasteiger partial charge in [0, 0.05) is 12.0 Å². The normalized spacial score (nSPS) is 14.2. The summed E-state index contributed by atoms with van der Waals surface area (Å²) < 4.78 is 5.50. The average molecular weight is 425 g/mol. The van der Waals surface area contributed by atoms with Crippen LogP contribution >= 0.6 is 0 Å². The van der Waals surface area contributed by atoms with E-state index in [0.717, 1.165) is 36.2 Å². The Morgan fingerprint density at radius 2 is 1.74 bits per heavy atom. The number of phenolic OH excluding ortho intramolecular Hbond substituents is 2. The third-order valence-corrected chi connectivity index (χ3v) is 5.31. The highest BCUT2D eigenvalue weighted by atomic mass is 16.3. The van der Waals surface area contributed by atoms with E-state index in [1.54, 1.807) is 25.3 Å². The number of allylic oxidation sites excluding steroid dienone is 4. The number of aliphatic hydroxyl groups excluding tert-OH is 1. The van der Waals surface area contributed by atoms with E-state index in [0.29, 0.717) is 24.0 Å². The number of benzene rings is 1. The number of rotatable bonds is 10. The summed E-state index contributed by atoms with van der Waals surface area (Å²) in [6.07, 6.45) is 11.1. The maximum absolute atomic E-state index is 10.4. The van der Waals surface area contributed by atoms with Crippen molar-refractivity contribution in [2.45, 2.75) is 72.8 Å². The molecule has 2 rings (SSSR count). The van der Waals surface area contributed by atoms with Crippen LogP contribution < -0.4 is 0 Å². The fourth-order valence-corrected chi connectivity index (χ4v) is 3.63. The van der Waals surface area contributed by atoms with Crippen molar-refractivity contribution >= 4 is 0 Å². The molecule has 1 heterocycles. The fraction of sp³-hybridized carbons (Fsp3) is 0.407. The van der Waals surface area contributed by atoms with Crippen LogP contribution in [-0.4, -0.2) is 21.4 Å². The molecule has 4 nitrogen and oxygen atoms in total. The molecule has 0 amide bonds. The van der Waals surface area contributed by atoms with Gasteiger partial charge in [0.15, 0.2) is 0 Å². The average Bonchev–Trinajstić information content (AvgIpc) is 3.07. The minimum Gasteiger partial charge on any atom is -0.508 e. The number of aromatic hydroxyl groups is 2. The molecule has 2 aromatic rings. The summed E-state index contributed by atoms with van der Waals surface area (Å²) in [6, 6.07) is 5.19. The summed E-state index contributed by atoms with van der Waals surface area (Å²) >= 11 is 0. The minimum absolute atomic E-state index is 0.151. The molecule has 1 aromatic heterocycles. The summed E-state index contributed by atoms with van der Waals surface area (Å²) in [5, 5.41) is 30.3. The molecular formula is C27H36O4. The molecule has 3 N–H and O–H groups in total. The predicted octanol–water partition coefficient (Wildman–Crippen LogP) is 6.46. The standard InChI is InChI=1S/C27H36O4/c1-18(7-6-8-19(2)13-26-14-21(4)17-31-26)11-24(28)12-20(3)9-10-23-16-25(29)15-22(5)27(23)30/h8-9,11,14-17,24,28-30H,6-7,10,12-13H2,1-5H3/t24-/m0/s1. The molecule has 0 radical (unpaired) electrons. The second-order valence-electron chi connectivity index (χ2n) is 8.67. The van der Waals surface area contributed by atoms with E-state index in [1.807, 2.05) is 26.0 Å². The quantitative estimate of drug-likeness (QED) is 0.302. The number of furan rings is 1. The van der Waals surface area contributed by atoms with Crippen molar-refractivity contribution < 1.29 is 19.7 Å². The Bertz CT molecular complexity index is 960. The third-order valence-electron chi connectivity index (χ3n) is 5.31. The van der Waals surface area contributed by atoms with Gasteiger partial charge in [-0.2, -0.15) is 0 Å². The zero-order valence-electron chi connectivity index (χ0n) is 19.4. The molecule has 0 aliphatic carbocycles. The van der Waals surface area contributed by atoms with E-state index in [9.17, 15) is 15.3 Å². The second kappa shape index (κ2) is 11.6. The molecule has 0 saturated heterocycles. The molecule has 0 bridgehead atoms. The van der Waals surface area contributed by atoms with Crippen LogP contribution in [0.4, 0.5) is 0 Å². The van der Waals surface area contributed by atoms with Crippen LogP contribution in [0, 0.1) is 13.8 Å². The Kier molecular flexibility index (Phi) is 9.20. The van der Waals surface area contributed by atoms with Crippen LogP contribution in [0.5, 0.6) is 11.5 Å². The van der Waals surface area contributed by atoms with Crippen LogP contribution in [0.2, 0.25) is 0 Å². The van der Waals surface area contributed by atoms with Crippen molar-refractivity contribution in [3.63, 3.8) is 0 Å². The van der Waals surface area contributed by atoms with Gasteiger partial charge in [-0.1, -0.05) is 34.9 Å². The molecular weight excluding hydrogens is 388 g/mol. The molecule has 0 saturated carbocycles. The van der Waals surface area contributed by atoms with Gasteiger partial charge in [0.25, 0.3) is 0 Å². The van der Waals surface area contributed by atoms with Gasteiger partial charge in [-0.25, -0.2) is 0 Å². The lowest BCUT2D eigenvalue weighted by Gasteiger charge is -2.10. The van der Waals surface area contributed by atoms with Crippen LogP contribution in [0.25, 0.3) is 0 Å². The van der Waals surface area contributed by atoms with E-state index in [4.69, 9.17) is 4.42 Å². The topological polar surface area (TPSA) is 73.8 Å². The molecule has 4 heteroatoms. The van der Waals surface area contributed by atoms with Crippen LogP contribution in [-0.2, 0) is 12.8 Å². The van der Waals surface area contributed by atoms with Gasteiger partial charge in [-0.05, 0) is 89.6 Å². The maximum atomic E-state index is 10.4. The van der Waals surface area contributed by atoms with Crippen molar-refractivity contribution in [1.82, 2.24) is 0 Å². The van der Waals surface area contributed by atoms with Gasteiger partial charge in [-0.3, -0.25) is 0 Å². The lowest BCUT2D eigenvalue weighted by Crippen LogP contribution is -2.04. The summed E-state index contributed by atoms with van der Waals surface area (Å²) in [5.41, 5.74) is 5.98. The number of hydrogen-bond acceptors (Lipinski definition) is 4. The third kappa shape index (κ3) is 8.50. The highest BCUT2D eigenvalue weighted by Crippen LogP contribution is 2.28. The fourth-order valence-electron chi connectivity index (χ4n) is 3.63. The number of aliphatic hydroxyl groups is 1. The van der Waals surface area contributed by atoms with Crippen molar-refractivity contribution in [2.75, 3.05) is 0 Å². The first-order valence-corrected chi connectivity index (χ1v) is 10.9. The zero-order chi connectivity index (χ0) is 23.0. The van der Waals surface area contributed by atoms with Gasteiger partial charge in [0.05, 0.1) is 12.4 Å². The minimum atomic E-state index is -0.535. The second-order valence-corrected chi connectivity index (χ2v) is 8.67. The highest BCUT2D eigenvalue weighted by molar-refractivity contribution is 5.46. The van der Waals surface area contributed by atoms with E-state index in [-0.39, 0.29) is 11.5 Å². The molecule has 1 aromatic carbocycles. The Morgan fingerprint density at radius 1 is 1.00 bits per heavy atom. The van der Waals surface area contributed by atoms with Gasteiger partial charge in [0.2, 0.25) is 0 Å². The molecule has 0 aliphatic heterocycles. The number of hydrogen-bond donors (Lipinski definition) is 3. The van der Waals surface area contributed by atoms with Crippen LogP contribution in [0.1, 0.15) is 62.5 Å². The van der Waals surface area contributed by atoms with E-state index < -0.39 is 6.10 Å². The molecule has 1 atom stereocenters. The van der Waals surface area contributed by atoms with Gasteiger partial charge >= 0.3 is 0 Å².